The lowest BCUT2D eigenvalue weighted by Gasteiger charge is -2.40. The molecule has 2 amide bonds. The molecule has 9 nitrogen and oxygen atoms in total. The first-order chi connectivity index (χ1) is 20.7. The number of pyridine rings is 1. The number of carbonyl (C=O) groups excluding carboxylic acids is 2. The molecule has 44 heavy (non-hydrogen) atoms. The number of anilines is 2. The SMILES string of the molecule is C[C@H]1CN(c2cc(F)c(C3=CCCN(C(=O)OC4CC(F)(F)C4)C3)c(F)c2NC(=O)c2cc(C(F)F)cc(=O)[nH]2)CCN1C. The normalized spacial score (nSPS) is 20.8. The predicted octanol–water partition coefficient (Wildman–Crippen LogP) is 5.01. The monoisotopic (exact) mass is 627 g/mol. The second-order valence-electron chi connectivity index (χ2n) is 11.4. The van der Waals surface area contributed by atoms with E-state index in [4.69, 9.17) is 4.74 Å². The van der Waals surface area contributed by atoms with E-state index in [1.807, 2.05) is 18.9 Å². The number of hydrogen-bond donors (Lipinski definition) is 2. The number of benzene rings is 1. The van der Waals surface area contributed by atoms with Crippen LogP contribution in [0.25, 0.3) is 5.57 Å². The van der Waals surface area contributed by atoms with Gasteiger partial charge in [-0.25, -0.2) is 31.1 Å². The van der Waals surface area contributed by atoms with Crippen LogP contribution < -0.4 is 15.8 Å². The van der Waals surface area contributed by atoms with Gasteiger partial charge in [0.1, 0.15) is 23.3 Å². The lowest BCUT2D eigenvalue weighted by atomic mass is 9.91. The number of amides is 2. The number of carbonyl (C=O) groups is 2. The number of nitrogens with one attached hydrogen (secondary N) is 2. The van der Waals surface area contributed by atoms with Gasteiger partial charge in [-0.15, -0.1) is 0 Å². The van der Waals surface area contributed by atoms with E-state index in [1.54, 1.807) is 4.90 Å². The Morgan fingerprint density at radius 3 is 2.50 bits per heavy atom. The molecule has 0 spiro atoms. The summed E-state index contributed by atoms with van der Waals surface area (Å²) >= 11 is 0. The third kappa shape index (κ3) is 6.56. The first-order valence-corrected chi connectivity index (χ1v) is 14.1. The van der Waals surface area contributed by atoms with Gasteiger partial charge in [0.2, 0.25) is 5.56 Å². The van der Waals surface area contributed by atoms with E-state index in [1.165, 1.54) is 6.08 Å². The van der Waals surface area contributed by atoms with Gasteiger partial charge in [0.25, 0.3) is 18.3 Å². The van der Waals surface area contributed by atoms with Gasteiger partial charge in [-0.3, -0.25) is 9.59 Å². The van der Waals surface area contributed by atoms with Crippen LogP contribution in [0.15, 0.2) is 29.1 Å². The van der Waals surface area contributed by atoms with Crippen LogP contribution in [0.2, 0.25) is 0 Å². The number of halogens is 6. The van der Waals surface area contributed by atoms with Crippen LogP contribution in [-0.2, 0) is 4.74 Å². The topological polar surface area (TPSA) is 98.0 Å². The third-order valence-corrected chi connectivity index (χ3v) is 8.15. The summed E-state index contributed by atoms with van der Waals surface area (Å²) in [6.45, 7) is 2.98. The van der Waals surface area contributed by atoms with Crippen LogP contribution in [0.5, 0.6) is 0 Å². The summed E-state index contributed by atoms with van der Waals surface area (Å²) in [4.78, 5) is 44.8. The van der Waals surface area contributed by atoms with Gasteiger partial charge in [-0.1, -0.05) is 6.08 Å². The summed E-state index contributed by atoms with van der Waals surface area (Å²) in [5, 5.41) is 2.35. The molecule has 1 saturated carbocycles. The summed E-state index contributed by atoms with van der Waals surface area (Å²) in [5.74, 6) is -6.16. The molecule has 2 aromatic rings. The van der Waals surface area contributed by atoms with Gasteiger partial charge < -0.3 is 29.7 Å². The smallest absolute Gasteiger partial charge is 0.410 e. The lowest BCUT2D eigenvalue weighted by molar-refractivity contribution is -0.147. The Morgan fingerprint density at radius 2 is 1.84 bits per heavy atom. The Kier molecular flexibility index (Phi) is 8.69. The molecule has 1 aromatic carbocycles. The highest BCUT2D eigenvalue weighted by atomic mass is 19.3. The Bertz CT molecular complexity index is 1540. The van der Waals surface area contributed by atoms with Crippen LogP contribution in [0.1, 0.15) is 54.2 Å². The highest BCUT2D eigenvalue weighted by Crippen LogP contribution is 2.41. The summed E-state index contributed by atoms with van der Waals surface area (Å²) in [6, 6.07) is 2.44. The maximum absolute atomic E-state index is 16.4. The second-order valence-corrected chi connectivity index (χ2v) is 11.4. The van der Waals surface area contributed by atoms with Crippen molar-refractivity contribution in [1.29, 1.82) is 0 Å². The molecule has 1 aliphatic carbocycles. The predicted molar refractivity (Wildman–Crippen MR) is 149 cm³/mol. The fraction of sp³-hybridized carbons (Fsp3) is 0.483. The Balaban J connectivity index is 1.48. The summed E-state index contributed by atoms with van der Waals surface area (Å²) in [6.07, 6.45) is -4.38. The van der Waals surface area contributed by atoms with E-state index in [0.717, 1.165) is 17.0 Å². The van der Waals surface area contributed by atoms with Crippen LogP contribution in [0.4, 0.5) is 42.5 Å². The molecular weight excluding hydrogens is 596 g/mol. The minimum Gasteiger partial charge on any atom is -0.446 e. The molecule has 0 bridgehead atoms. The zero-order valence-corrected chi connectivity index (χ0v) is 23.9. The van der Waals surface area contributed by atoms with Crippen molar-refractivity contribution in [3.8, 4) is 0 Å². The molecule has 0 radical (unpaired) electrons. The standard InChI is InChI=1S/C29H31F6N5O4/c1-15-13-39(7-6-38(15)2)21-10-19(30)23(16-4-3-5-40(14-16)28(43)44-18-11-29(34,35)12-18)24(31)25(21)37-27(42)20-8-17(26(32)33)9-22(41)36-20/h4,8-10,15,18,26H,3,5-7,11-14H2,1-2H3,(H,36,41)(H,37,42)/t15-/m0/s1. The molecule has 3 heterocycles. The van der Waals surface area contributed by atoms with E-state index in [9.17, 15) is 31.9 Å². The average molecular weight is 628 g/mol. The van der Waals surface area contributed by atoms with E-state index in [-0.39, 0.29) is 36.8 Å². The number of ether oxygens (including phenoxy) is 1. The Hall–Kier alpha value is -4.01. The molecule has 5 rings (SSSR count). The number of likely N-dealkylation sites (N-methyl/N-ethyl adjacent to an activating group) is 1. The summed E-state index contributed by atoms with van der Waals surface area (Å²) in [7, 11) is 1.89. The summed E-state index contributed by atoms with van der Waals surface area (Å²) in [5.41, 5.74) is -3.14. The number of H-pyrrole nitrogens is 1. The van der Waals surface area contributed by atoms with Crippen molar-refractivity contribution in [3.63, 3.8) is 0 Å². The van der Waals surface area contributed by atoms with Crippen molar-refractivity contribution < 1.29 is 40.7 Å². The van der Waals surface area contributed by atoms with Gasteiger partial charge in [0.15, 0.2) is 5.82 Å². The molecule has 1 aromatic heterocycles. The zero-order chi connectivity index (χ0) is 31.9. The molecule has 238 valence electrons. The number of aromatic nitrogens is 1. The highest BCUT2D eigenvalue weighted by molar-refractivity contribution is 6.05. The number of alkyl halides is 4. The molecule has 1 saturated heterocycles. The maximum atomic E-state index is 16.4. The average Bonchev–Trinajstić information content (AvgIpc) is 2.94. The molecule has 2 fully saturated rings. The zero-order valence-electron chi connectivity index (χ0n) is 23.9. The van der Waals surface area contributed by atoms with Gasteiger partial charge >= 0.3 is 6.09 Å². The summed E-state index contributed by atoms with van der Waals surface area (Å²) < 4.78 is 90.3. The number of rotatable bonds is 6. The molecular formula is C29H31F6N5O4. The molecule has 2 aliphatic heterocycles. The van der Waals surface area contributed by atoms with E-state index < -0.39 is 83.0 Å². The Morgan fingerprint density at radius 1 is 1.11 bits per heavy atom. The van der Waals surface area contributed by atoms with E-state index in [0.29, 0.717) is 25.7 Å². The van der Waals surface area contributed by atoms with Crippen molar-refractivity contribution >= 4 is 28.9 Å². The van der Waals surface area contributed by atoms with Gasteiger partial charge in [-0.2, -0.15) is 0 Å². The van der Waals surface area contributed by atoms with Crippen LogP contribution in [0, 0.1) is 11.6 Å². The molecule has 3 aliphatic rings. The van der Waals surface area contributed by atoms with Crippen molar-refractivity contribution in [2.75, 3.05) is 50.0 Å². The van der Waals surface area contributed by atoms with Crippen LogP contribution >= 0.6 is 0 Å². The molecule has 15 heteroatoms. The number of piperazine rings is 1. The van der Waals surface area contributed by atoms with Gasteiger partial charge in [0, 0.05) is 69.3 Å². The first-order valence-electron chi connectivity index (χ1n) is 14.1. The van der Waals surface area contributed by atoms with E-state index in [2.05, 4.69) is 10.3 Å². The van der Waals surface area contributed by atoms with Crippen molar-refractivity contribution in [3.05, 3.63) is 63.1 Å². The van der Waals surface area contributed by atoms with E-state index >= 15 is 8.78 Å². The molecule has 0 unspecified atom stereocenters. The quantitative estimate of drug-likeness (QED) is 0.438. The van der Waals surface area contributed by atoms with Gasteiger partial charge in [-0.05, 0) is 32.0 Å². The van der Waals surface area contributed by atoms with Crippen molar-refractivity contribution in [2.24, 2.45) is 0 Å². The third-order valence-electron chi connectivity index (χ3n) is 8.15. The maximum Gasteiger partial charge on any atom is 0.410 e. The highest BCUT2D eigenvalue weighted by Gasteiger charge is 2.48. The fourth-order valence-corrected chi connectivity index (χ4v) is 5.52. The van der Waals surface area contributed by atoms with Crippen molar-refractivity contribution in [2.45, 2.75) is 50.7 Å². The largest absolute Gasteiger partial charge is 0.446 e. The minimum atomic E-state index is -3.05. The Labute approximate surface area is 248 Å². The number of aromatic amines is 1. The fourth-order valence-electron chi connectivity index (χ4n) is 5.52. The lowest BCUT2D eigenvalue weighted by Crippen LogP contribution is -2.50. The first kappa shape index (κ1) is 31.4. The molecule has 2 N–H and O–H groups in total. The number of nitrogens with zero attached hydrogens (tertiary/aromatic N) is 3. The number of hydrogen-bond acceptors (Lipinski definition) is 6. The van der Waals surface area contributed by atoms with Crippen molar-refractivity contribution in [1.82, 2.24) is 14.8 Å². The van der Waals surface area contributed by atoms with Crippen LogP contribution in [-0.4, -0.2) is 84.6 Å². The second kappa shape index (κ2) is 12.2. The molecule has 1 atom stereocenters. The van der Waals surface area contributed by atoms with Gasteiger partial charge in [0.05, 0.1) is 11.3 Å². The minimum absolute atomic E-state index is 0.00278. The van der Waals surface area contributed by atoms with Crippen LogP contribution in [0.3, 0.4) is 0 Å².